The van der Waals surface area contributed by atoms with Crippen LogP contribution >= 0.6 is 0 Å². The van der Waals surface area contributed by atoms with Gasteiger partial charge in [-0.05, 0) is 33.0 Å². The first-order valence-corrected chi connectivity index (χ1v) is 4.74. The van der Waals surface area contributed by atoms with E-state index in [-0.39, 0.29) is 0 Å². The minimum Gasteiger partial charge on any atom is -0.310 e. The van der Waals surface area contributed by atoms with Crippen molar-refractivity contribution in [1.82, 2.24) is 10.2 Å². The maximum Gasteiger partial charge on any atom is 0.0332 e. The maximum atomic E-state index is 3.51. The largest absolute Gasteiger partial charge is 0.310 e. The van der Waals surface area contributed by atoms with Crippen LogP contribution in [0.3, 0.4) is 0 Å². The molecule has 1 N–H and O–H groups in total. The van der Waals surface area contributed by atoms with Crippen LogP contribution in [0.1, 0.15) is 26.7 Å². The van der Waals surface area contributed by atoms with Crippen LogP contribution in [-0.4, -0.2) is 37.1 Å². The van der Waals surface area contributed by atoms with E-state index >= 15 is 0 Å². The van der Waals surface area contributed by atoms with Crippen LogP contribution in [0.25, 0.3) is 0 Å². The summed E-state index contributed by atoms with van der Waals surface area (Å²) in [5.74, 6) is 0. The van der Waals surface area contributed by atoms with Crippen molar-refractivity contribution in [3.05, 3.63) is 0 Å². The maximum absolute atomic E-state index is 3.51. The lowest BCUT2D eigenvalue weighted by atomic mass is 9.87. The highest BCUT2D eigenvalue weighted by Gasteiger charge is 2.40. The van der Waals surface area contributed by atoms with Gasteiger partial charge in [-0.2, -0.15) is 0 Å². The highest BCUT2D eigenvalue weighted by atomic mass is 15.2. The summed E-state index contributed by atoms with van der Waals surface area (Å²) in [7, 11) is 2.20. The Bertz CT molecular complexity index is 119. The number of hydrogen-bond donors (Lipinski definition) is 1. The molecule has 2 rings (SSSR count). The van der Waals surface area contributed by atoms with Gasteiger partial charge in [-0.15, -0.1) is 0 Å². The van der Waals surface area contributed by atoms with Crippen molar-refractivity contribution < 1.29 is 0 Å². The summed E-state index contributed by atoms with van der Waals surface area (Å²) < 4.78 is 0. The molecule has 2 aliphatic rings. The smallest absolute Gasteiger partial charge is 0.0332 e. The summed E-state index contributed by atoms with van der Waals surface area (Å²) in [6, 6.07) is 0. The molecular weight excluding hydrogens is 136 g/mol. The lowest BCUT2D eigenvalue weighted by molar-refractivity contribution is 0.212. The van der Waals surface area contributed by atoms with Crippen LogP contribution in [0.4, 0.5) is 0 Å². The molecule has 2 fully saturated rings. The number of likely N-dealkylation sites (tertiary alicyclic amines) is 1. The molecule has 0 aromatic carbocycles. The van der Waals surface area contributed by atoms with Crippen molar-refractivity contribution in [1.29, 1.82) is 0 Å². The zero-order chi connectivity index (χ0) is 8.32. The number of hydrogen-bond acceptors (Lipinski definition) is 2. The molecule has 0 aliphatic carbocycles. The van der Waals surface area contributed by atoms with E-state index < -0.39 is 0 Å². The zero-order valence-electron chi connectivity index (χ0n) is 7.98. The SMILES string of the molecule is CC.CN1CCC2(CCN2)C1. The summed E-state index contributed by atoms with van der Waals surface area (Å²) in [5, 5.41) is 3.51. The monoisotopic (exact) mass is 156 g/mol. The molecule has 2 nitrogen and oxygen atoms in total. The van der Waals surface area contributed by atoms with Gasteiger partial charge in [0.15, 0.2) is 0 Å². The van der Waals surface area contributed by atoms with Gasteiger partial charge in [0.05, 0.1) is 0 Å². The third kappa shape index (κ3) is 1.74. The van der Waals surface area contributed by atoms with E-state index in [2.05, 4.69) is 17.3 Å². The summed E-state index contributed by atoms with van der Waals surface area (Å²) >= 11 is 0. The second-order valence-electron chi connectivity index (χ2n) is 3.44. The first kappa shape index (κ1) is 9.01. The predicted octanol–water partition coefficient (Wildman–Crippen LogP) is 1.08. The first-order valence-electron chi connectivity index (χ1n) is 4.74. The van der Waals surface area contributed by atoms with Gasteiger partial charge in [-0.1, -0.05) is 13.8 Å². The van der Waals surface area contributed by atoms with Crippen LogP contribution < -0.4 is 5.32 Å². The fraction of sp³-hybridized carbons (Fsp3) is 1.00. The van der Waals surface area contributed by atoms with Crippen LogP contribution in [-0.2, 0) is 0 Å². The van der Waals surface area contributed by atoms with Gasteiger partial charge in [0, 0.05) is 12.1 Å². The Balaban J connectivity index is 0.000000281. The topological polar surface area (TPSA) is 15.3 Å². The molecule has 0 aromatic heterocycles. The average Bonchev–Trinajstić information content (AvgIpc) is 2.35. The molecule has 1 atom stereocenters. The van der Waals surface area contributed by atoms with E-state index in [0.717, 1.165) is 0 Å². The van der Waals surface area contributed by atoms with Crippen molar-refractivity contribution in [2.75, 3.05) is 26.7 Å². The number of nitrogens with one attached hydrogen (secondary N) is 1. The first-order chi connectivity index (χ1) is 5.31. The van der Waals surface area contributed by atoms with Crippen molar-refractivity contribution in [2.45, 2.75) is 32.2 Å². The van der Waals surface area contributed by atoms with E-state index in [1.807, 2.05) is 13.8 Å². The zero-order valence-corrected chi connectivity index (χ0v) is 7.98. The average molecular weight is 156 g/mol. The van der Waals surface area contributed by atoms with Crippen LogP contribution in [0.5, 0.6) is 0 Å². The molecule has 2 saturated heterocycles. The van der Waals surface area contributed by atoms with E-state index in [0.29, 0.717) is 5.54 Å². The number of rotatable bonds is 0. The minimum atomic E-state index is 0.564. The molecule has 66 valence electrons. The molecule has 1 unspecified atom stereocenters. The van der Waals surface area contributed by atoms with Gasteiger partial charge in [0.25, 0.3) is 0 Å². The Kier molecular flexibility index (Phi) is 2.90. The summed E-state index contributed by atoms with van der Waals surface area (Å²) in [4.78, 5) is 2.41. The van der Waals surface area contributed by atoms with Gasteiger partial charge in [-0.25, -0.2) is 0 Å². The molecular formula is C9H20N2. The van der Waals surface area contributed by atoms with Gasteiger partial charge in [0.2, 0.25) is 0 Å². The Labute approximate surface area is 70.0 Å². The van der Waals surface area contributed by atoms with E-state index in [4.69, 9.17) is 0 Å². The Morgan fingerprint density at radius 1 is 1.27 bits per heavy atom. The van der Waals surface area contributed by atoms with Crippen LogP contribution in [0.15, 0.2) is 0 Å². The quantitative estimate of drug-likeness (QED) is 0.564. The van der Waals surface area contributed by atoms with Crippen LogP contribution in [0.2, 0.25) is 0 Å². The molecule has 0 saturated carbocycles. The lowest BCUT2D eigenvalue weighted by Crippen LogP contribution is -2.58. The summed E-state index contributed by atoms with van der Waals surface area (Å²) in [6.07, 6.45) is 2.76. The van der Waals surface area contributed by atoms with E-state index in [1.54, 1.807) is 0 Å². The van der Waals surface area contributed by atoms with E-state index in [1.165, 1.54) is 32.5 Å². The Morgan fingerprint density at radius 3 is 2.09 bits per heavy atom. The predicted molar refractivity (Wildman–Crippen MR) is 48.8 cm³/mol. The molecule has 2 aliphatic heterocycles. The van der Waals surface area contributed by atoms with Gasteiger partial charge in [0.1, 0.15) is 0 Å². The molecule has 0 aromatic rings. The Hall–Kier alpha value is -0.0800. The minimum absolute atomic E-state index is 0.564. The van der Waals surface area contributed by atoms with Crippen molar-refractivity contribution in [3.63, 3.8) is 0 Å². The molecule has 0 radical (unpaired) electrons. The third-order valence-electron chi connectivity index (χ3n) is 2.65. The van der Waals surface area contributed by atoms with Crippen molar-refractivity contribution >= 4 is 0 Å². The Morgan fingerprint density at radius 2 is 1.91 bits per heavy atom. The number of likely N-dealkylation sites (N-methyl/N-ethyl adjacent to an activating group) is 1. The molecule has 11 heavy (non-hydrogen) atoms. The highest BCUT2D eigenvalue weighted by Crippen LogP contribution is 2.28. The van der Waals surface area contributed by atoms with Gasteiger partial charge in [-0.3, -0.25) is 0 Å². The molecule has 2 heterocycles. The molecule has 1 spiro atoms. The third-order valence-corrected chi connectivity index (χ3v) is 2.65. The van der Waals surface area contributed by atoms with Gasteiger partial charge < -0.3 is 10.2 Å². The summed E-state index contributed by atoms with van der Waals surface area (Å²) in [5.41, 5.74) is 0.564. The number of nitrogens with zero attached hydrogens (tertiary/aromatic N) is 1. The summed E-state index contributed by atoms with van der Waals surface area (Å²) in [6.45, 7) is 7.80. The molecule has 0 amide bonds. The second-order valence-corrected chi connectivity index (χ2v) is 3.44. The normalized spacial score (nSPS) is 36.3. The standard InChI is InChI=1S/C7H14N2.C2H6/c1-9-5-3-7(6-9)2-4-8-7;1-2/h8H,2-6H2,1H3;1-2H3. The van der Waals surface area contributed by atoms with Gasteiger partial charge >= 0.3 is 0 Å². The fourth-order valence-corrected chi connectivity index (χ4v) is 1.91. The molecule has 2 heteroatoms. The highest BCUT2D eigenvalue weighted by molar-refractivity contribution is 5.02. The second kappa shape index (κ2) is 3.55. The van der Waals surface area contributed by atoms with Crippen LogP contribution in [0, 0.1) is 0 Å². The lowest BCUT2D eigenvalue weighted by Gasteiger charge is -2.39. The van der Waals surface area contributed by atoms with E-state index in [9.17, 15) is 0 Å². The fourth-order valence-electron chi connectivity index (χ4n) is 1.91. The van der Waals surface area contributed by atoms with Crippen molar-refractivity contribution in [2.24, 2.45) is 0 Å². The molecule has 0 bridgehead atoms. The van der Waals surface area contributed by atoms with Crippen molar-refractivity contribution in [3.8, 4) is 0 Å².